The second kappa shape index (κ2) is 9.82. The van der Waals surface area contributed by atoms with Crippen LogP contribution in [-0.2, 0) is 0 Å². The molecule has 2 rings (SSSR count). The van der Waals surface area contributed by atoms with Crippen LogP contribution < -0.4 is 20.3 Å². The predicted molar refractivity (Wildman–Crippen MR) is 104 cm³/mol. The van der Waals surface area contributed by atoms with E-state index in [1.54, 1.807) is 48.5 Å². The molecule has 2 aromatic rings. The predicted octanol–water partition coefficient (Wildman–Crippen LogP) is 4.14. The monoisotopic (exact) mass is 366 g/mol. The van der Waals surface area contributed by atoms with Crippen LogP contribution in [0.4, 0.5) is 21.0 Å². The van der Waals surface area contributed by atoms with Crippen molar-refractivity contribution in [2.24, 2.45) is 0 Å². The average Bonchev–Trinajstić information content (AvgIpc) is 2.62. The zero-order valence-electron chi connectivity index (χ0n) is 15.3. The maximum atomic E-state index is 12.6. The van der Waals surface area contributed by atoms with Gasteiger partial charge in [0.25, 0.3) is 0 Å². The summed E-state index contributed by atoms with van der Waals surface area (Å²) in [5.41, 5.74) is 1.14. The summed E-state index contributed by atoms with van der Waals surface area (Å²) >= 11 is 0. The van der Waals surface area contributed by atoms with Gasteiger partial charge in [0, 0.05) is 30.0 Å². The first-order valence-electron chi connectivity index (χ1n) is 8.58. The van der Waals surface area contributed by atoms with Gasteiger partial charge in [-0.2, -0.15) is 5.26 Å². The number of hydrogen-bond donors (Lipinski definition) is 2. The molecule has 7 nitrogen and oxygen atoms in total. The van der Waals surface area contributed by atoms with Gasteiger partial charge in [0.15, 0.2) is 0 Å². The zero-order chi connectivity index (χ0) is 19.6. The normalized spacial score (nSPS) is 10.0. The van der Waals surface area contributed by atoms with Gasteiger partial charge in [-0.25, -0.2) is 9.59 Å². The molecule has 140 valence electrons. The number of nitriles is 1. The Balaban J connectivity index is 2.10. The molecule has 0 bridgehead atoms. The molecule has 0 aliphatic carbocycles. The topological polar surface area (TPSA) is 94.5 Å². The molecular formula is C20H22N4O3. The third kappa shape index (κ3) is 6.36. The highest BCUT2D eigenvalue weighted by Gasteiger charge is 2.18. The van der Waals surface area contributed by atoms with Crippen molar-refractivity contribution in [3.8, 4) is 11.8 Å². The van der Waals surface area contributed by atoms with Gasteiger partial charge < -0.3 is 15.4 Å². The summed E-state index contributed by atoms with van der Waals surface area (Å²) < 4.78 is 5.44. The molecule has 0 spiro atoms. The van der Waals surface area contributed by atoms with Crippen molar-refractivity contribution in [3.05, 3.63) is 54.6 Å². The van der Waals surface area contributed by atoms with E-state index in [-0.39, 0.29) is 25.0 Å². The molecule has 0 aromatic heterocycles. The maximum absolute atomic E-state index is 12.6. The smallest absolute Gasteiger partial charge is 0.410 e. The third-order valence-electron chi connectivity index (χ3n) is 3.45. The summed E-state index contributed by atoms with van der Waals surface area (Å²) in [5, 5.41) is 14.2. The lowest BCUT2D eigenvalue weighted by Crippen LogP contribution is -2.34. The second-order valence-electron chi connectivity index (χ2n) is 6.04. The molecular weight excluding hydrogens is 344 g/mol. The van der Waals surface area contributed by atoms with Gasteiger partial charge in [0.1, 0.15) is 5.75 Å². The minimum atomic E-state index is -0.597. The standard InChI is InChI=1S/C20H22N4O3/c1-15(2)22-19(25)23-16-8-6-11-18(14-16)27-20(26)24(13-7-12-21)17-9-4-3-5-10-17/h3-6,8-11,14-15H,7,13H2,1-2H3,(H2,22,23,25). The van der Waals surface area contributed by atoms with Crippen molar-refractivity contribution in [1.82, 2.24) is 5.32 Å². The minimum absolute atomic E-state index is 0.00516. The Morgan fingerprint density at radius 1 is 1.15 bits per heavy atom. The summed E-state index contributed by atoms with van der Waals surface area (Å²) in [6.45, 7) is 3.93. The quantitative estimate of drug-likeness (QED) is 0.803. The Morgan fingerprint density at radius 3 is 2.56 bits per heavy atom. The van der Waals surface area contributed by atoms with Crippen LogP contribution in [0.1, 0.15) is 20.3 Å². The highest BCUT2D eigenvalue weighted by Crippen LogP contribution is 2.20. The van der Waals surface area contributed by atoms with Crippen LogP contribution in [0.15, 0.2) is 54.6 Å². The molecule has 0 atom stereocenters. The van der Waals surface area contributed by atoms with Crippen molar-refractivity contribution in [2.75, 3.05) is 16.8 Å². The third-order valence-corrected chi connectivity index (χ3v) is 3.45. The number of hydrogen-bond acceptors (Lipinski definition) is 4. The van der Waals surface area contributed by atoms with E-state index in [9.17, 15) is 9.59 Å². The van der Waals surface area contributed by atoms with Crippen LogP contribution in [0.25, 0.3) is 0 Å². The van der Waals surface area contributed by atoms with Crippen LogP contribution >= 0.6 is 0 Å². The van der Waals surface area contributed by atoms with E-state index in [4.69, 9.17) is 10.00 Å². The van der Waals surface area contributed by atoms with Crippen molar-refractivity contribution in [1.29, 1.82) is 5.26 Å². The van der Waals surface area contributed by atoms with E-state index in [0.29, 0.717) is 17.1 Å². The van der Waals surface area contributed by atoms with E-state index < -0.39 is 6.09 Å². The number of ether oxygens (including phenoxy) is 1. The van der Waals surface area contributed by atoms with E-state index in [1.807, 2.05) is 26.0 Å². The first kappa shape index (κ1) is 19.8. The number of amides is 3. The number of benzene rings is 2. The van der Waals surface area contributed by atoms with E-state index in [2.05, 4.69) is 10.6 Å². The fourth-order valence-electron chi connectivity index (χ4n) is 2.32. The van der Waals surface area contributed by atoms with Gasteiger partial charge in [-0.3, -0.25) is 4.90 Å². The Labute approximate surface area is 158 Å². The van der Waals surface area contributed by atoms with Crippen LogP contribution in [0, 0.1) is 11.3 Å². The van der Waals surface area contributed by atoms with Crippen LogP contribution in [0.3, 0.4) is 0 Å². The first-order valence-corrected chi connectivity index (χ1v) is 8.58. The number of rotatable bonds is 6. The van der Waals surface area contributed by atoms with Crippen molar-refractivity contribution >= 4 is 23.5 Å². The van der Waals surface area contributed by atoms with Crippen LogP contribution in [-0.4, -0.2) is 24.7 Å². The number of urea groups is 1. The largest absolute Gasteiger partial charge is 0.419 e. The van der Waals surface area contributed by atoms with Gasteiger partial charge in [-0.15, -0.1) is 0 Å². The van der Waals surface area contributed by atoms with Crippen LogP contribution in [0.5, 0.6) is 5.75 Å². The lowest BCUT2D eigenvalue weighted by Gasteiger charge is -2.21. The molecule has 0 saturated heterocycles. The fraction of sp³-hybridized carbons (Fsp3) is 0.250. The fourth-order valence-corrected chi connectivity index (χ4v) is 2.32. The first-order chi connectivity index (χ1) is 13.0. The van der Waals surface area contributed by atoms with Crippen molar-refractivity contribution in [3.63, 3.8) is 0 Å². The minimum Gasteiger partial charge on any atom is -0.410 e. The van der Waals surface area contributed by atoms with Crippen molar-refractivity contribution in [2.45, 2.75) is 26.3 Å². The number of carbonyl (C=O) groups is 2. The van der Waals surface area contributed by atoms with Gasteiger partial charge >= 0.3 is 12.1 Å². The Bertz CT molecular complexity index is 815. The zero-order valence-corrected chi connectivity index (χ0v) is 15.3. The Kier molecular flexibility index (Phi) is 7.20. The Morgan fingerprint density at radius 2 is 1.89 bits per heavy atom. The molecule has 0 saturated carbocycles. The summed E-state index contributed by atoms with van der Waals surface area (Å²) in [4.78, 5) is 25.8. The lowest BCUT2D eigenvalue weighted by molar-refractivity contribution is 0.207. The highest BCUT2D eigenvalue weighted by molar-refractivity contribution is 5.91. The Hall–Kier alpha value is -3.53. The van der Waals surface area contributed by atoms with Gasteiger partial charge in [0.2, 0.25) is 0 Å². The molecule has 2 N–H and O–H groups in total. The summed E-state index contributed by atoms with van der Waals surface area (Å²) in [6.07, 6.45) is -0.415. The molecule has 0 heterocycles. The maximum Gasteiger partial charge on any atom is 0.419 e. The number of para-hydroxylation sites is 1. The molecule has 0 aliphatic heterocycles. The SMILES string of the molecule is CC(C)NC(=O)Nc1cccc(OC(=O)N(CCC#N)c2ccccc2)c1. The van der Waals surface area contributed by atoms with Crippen LogP contribution in [0.2, 0.25) is 0 Å². The van der Waals surface area contributed by atoms with E-state index in [1.165, 1.54) is 4.90 Å². The summed E-state index contributed by atoms with van der Waals surface area (Å²) in [7, 11) is 0. The molecule has 0 aliphatic rings. The number of carbonyl (C=O) groups excluding carboxylic acids is 2. The molecule has 7 heteroatoms. The molecule has 3 amide bonds. The number of nitrogens with one attached hydrogen (secondary N) is 2. The van der Waals surface area contributed by atoms with Crippen molar-refractivity contribution < 1.29 is 14.3 Å². The molecule has 0 unspecified atom stereocenters. The molecule has 0 fully saturated rings. The number of nitrogens with zero attached hydrogens (tertiary/aromatic N) is 2. The molecule has 0 radical (unpaired) electrons. The lowest BCUT2D eigenvalue weighted by atomic mass is 10.3. The van der Waals surface area contributed by atoms with Gasteiger partial charge in [-0.1, -0.05) is 24.3 Å². The van der Waals surface area contributed by atoms with Gasteiger partial charge in [0.05, 0.1) is 12.5 Å². The molecule has 27 heavy (non-hydrogen) atoms. The molecule has 2 aromatic carbocycles. The highest BCUT2D eigenvalue weighted by atomic mass is 16.6. The summed E-state index contributed by atoms with van der Waals surface area (Å²) in [6, 6.07) is 17.2. The second-order valence-corrected chi connectivity index (χ2v) is 6.04. The number of anilines is 2. The van der Waals surface area contributed by atoms with E-state index in [0.717, 1.165) is 0 Å². The van der Waals surface area contributed by atoms with E-state index >= 15 is 0 Å². The average molecular weight is 366 g/mol. The van der Waals surface area contributed by atoms with Gasteiger partial charge in [-0.05, 0) is 38.1 Å². The summed E-state index contributed by atoms with van der Waals surface area (Å²) in [5.74, 6) is 0.292.